The molecule has 0 saturated carbocycles. The molecule has 1 spiro atoms. The molecular formula is C30H37N7O5. The van der Waals surface area contributed by atoms with Gasteiger partial charge in [-0.15, -0.1) is 0 Å². The molecule has 1 unspecified atom stereocenters. The Morgan fingerprint density at radius 1 is 0.976 bits per heavy atom. The SMILES string of the molecule is CC(C)N1CCN(C(=O)C(Cc2ccc3[nH]c(=O)oc3c2)NC(=O)N2CCC3(CC2)NC(=O)Nc2ccccc23)CC1. The molecule has 0 radical (unpaired) electrons. The lowest BCUT2D eigenvalue weighted by Gasteiger charge is -2.45. The Morgan fingerprint density at radius 2 is 1.71 bits per heavy atom. The fourth-order valence-electron chi connectivity index (χ4n) is 6.41. The van der Waals surface area contributed by atoms with Crippen LogP contribution in [0.15, 0.2) is 51.7 Å². The maximum absolute atomic E-state index is 13.8. The Bertz CT molecular complexity index is 1550. The first-order valence-electron chi connectivity index (χ1n) is 14.6. The van der Waals surface area contributed by atoms with E-state index in [-0.39, 0.29) is 24.4 Å². The van der Waals surface area contributed by atoms with Crippen LogP contribution in [0.2, 0.25) is 0 Å². The quantitative estimate of drug-likeness (QED) is 0.368. The summed E-state index contributed by atoms with van der Waals surface area (Å²) in [5.74, 6) is -0.670. The van der Waals surface area contributed by atoms with Gasteiger partial charge in [0.05, 0.1) is 11.1 Å². The number of nitrogens with one attached hydrogen (secondary N) is 4. The third-order valence-electron chi connectivity index (χ3n) is 8.83. The summed E-state index contributed by atoms with van der Waals surface area (Å²) in [5.41, 5.74) is 3.02. The third kappa shape index (κ3) is 5.46. The number of benzene rings is 2. The van der Waals surface area contributed by atoms with E-state index < -0.39 is 17.3 Å². The Kier molecular flexibility index (Phi) is 7.40. The zero-order valence-electron chi connectivity index (χ0n) is 23.9. The van der Waals surface area contributed by atoms with E-state index in [9.17, 15) is 19.2 Å². The van der Waals surface area contributed by atoms with Crippen LogP contribution in [-0.2, 0) is 16.8 Å². The number of fused-ring (bicyclic) bond motifs is 3. The fraction of sp³-hybridized carbons (Fsp3) is 0.467. The molecule has 3 aliphatic rings. The number of para-hydroxylation sites is 1. The van der Waals surface area contributed by atoms with Crippen molar-refractivity contribution in [2.24, 2.45) is 0 Å². The first kappa shape index (κ1) is 27.8. The van der Waals surface area contributed by atoms with Crippen molar-refractivity contribution in [2.75, 3.05) is 44.6 Å². The summed E-state index contributed by atoms with van der Waals surface area (Å²) in [6.45, 7) is 7.88. The average molecular weight is 576 g/mol. The molecule has 12 nitrogen and oxygen atoms in total. The monoisotopic (exact) mass is 575 g/mol. The largest absolute Gasteiger partial charge is 0.417 e. The van der Waals surface area contributed by atoms with Crippen molar-refractivity contribution in [3.63, 3.8) is 0 Å². The number of likely N-dealkylation sites (tertiary alicyclic amines) is 1. The Hall–Kier alpha value is -4.32. The predicted molar refractivity (Wildman–Crippen MR) is 157 cm³/mol. The van der Waals surface area contributed by atoms with E-state index >= 15 is 0 Å². The van der Waals surface area contributed by atoms with Crippen molar-refractivity contribution < 1.29 is 18.8 Å². The highest BCUT2D eigenvalue weighted by Crippen LogP contribution is 2.39. The number of carbonyl (C=O) groups is 3. The second-order valence-corrected chi connectivity index (χ2v) is 11.7. The molecule has 222 valence electrons. The molecule has 2 fully saturated rings. The Morgan fingerprint density at radius 3 is 2.45 bits per heavy atom. The van der Waals surface area contributed by atoms with Gasteiger partial charge in [0.1, 0.15) is 6.04 Å². The Labute approximate surface area is 243 Å². The van der Waals surface area contributed by atoms with Crippen molar-refractivity contribution in [2.45, 2.75) is 50.7 Å². The summed E-state index contributed by atoms with van der Waals surface area (Å²) in [7, 11) is 0. The lowest BCUT2D eigenvalue weighted by Crippen LogP contribution is -2.60. The summed E-state index contributed by atoms with van der Waals surface area (Å²) in [6, 6.07) is 12.1. The van der Waals surface area contributed by atoms with Crippen LogP contribution in [0.5, 0.6) is 0 Å². The van der Waals surface area contributed by atoms with Gasteiger partial charge in [-0.05, 0) is 50.5 Å². The number of rotatable bonds is 5. The van der Waals surface area contributed by atoms with Crippen LogP contribution in [0, 0.1) is 0 Å². The number of aromatic amines is 1. The van der Waals surface area contributed by atoms with Crippen LogP contribution < -0.4 is 21.7 Å². The molecule has 2 aromatic carbocycles. The van der Waals surface area contributed by atoms with Crippen molar-refractivity contribution in [3.8, 4) is 0 Å². The molecule has 2 saturated heterocycles. The number of hydrogen-bond donors (Lipinski definition) is 4. The number of nitrogens with zero attached hydrogens (tertiary/aromatic N) is 3. The van der Waals surface area contributed by atoms with E-state index in [0.717, 1.165) is 29.9 Å². The van der Waals surface area contributed by atoms with Gasteiger partial charge in [-0.2, -0.15) is 0 Å². The highest BCUT2D eigenvalue weighted by molar-refractivity contribution is 5.94. The van der Waals surface area contributed by atoms with E-state index in [0.29, 0.717) is 56.2 Å². The number of aromatic nitrogens is 1. The van der Waals surface area contributed by atoms with Crippen molar-refractivity contribution in [1.29, 1.82) is 0 Å². The molecule has 0 bridgehead atoms. The number of piperidine rings is 1. The van der Waals surface area contributed by atoms with Gasteiger partial charge in [0, 0.05) is 63.0 Å². The molecule has 12 heteroatoms. The smallest absolute Gasteiger partial charge is 0.408 e. The summed E-state index contributed by atoms with van der Waals surface area (Å²) >= 11 is 0. The molecule has 3 aromatic rings. The summed E-state index contributed by atoms with van der Waals surface area (Å²) in [5, 5.41) is 8.99. The summed E-state index contributed by atoms with van der Waals surface area (Å²) in [4.78, 5) is 60.0. The topological polar surface area (TPSA) is 143 Å². The van der Waals surface area contributed by atoms with Crippen LogP contribution in [0.3, 0.4) is 0 Å². The minimum Gasteiger partial charge on any atom is -0.408 e. The van der Waals surface area contributed by atoms with Gasteiger partial charge in [0.15, 0.2) is 5.58 Å². The number of H-pyrrole nitrogens is 1. The zero-order chi connectivity index (χ0) is 29.4. The predicted octanol–water partition coefficient (Wildman–Crippen LogP) is 2.42. The number of amides is 5. The highest BCUT2D eigenvalue weighted by atomic mass is 16.4. The molecule has 4 heterocycles. The van der Waals surface area contributed by atoms with E-state index in [1.807, 2.05) is 35.2 Å². The van der Waals surface area contributed by atoms with Crippen LogP contribution in [0.1, 0.15) is 37.8 Å². The van der Waals surface area contributed by atoms with Crippen LogP contribution in [0.25, 0.3) is 11.1 Å². The molecule has 1 aromatic heterocycles. The Balaban J connectivity index is 1.17. The van der Waals surface area contributed by atoms with Gasteiger partial charge in [0.2, 0.25) is 5.91 Å². The third-order valence-corrected chi connectivity index (χ3v) is 8.83. The number of piperazine rings is 1. The molecule has 1 atom stereocenters. The molecule has 4 N–H and O–H groups in total. The average Bonchev–Trinajstić information content (AvgIpc) is 3.36. The van der Waals surface area contributed by atoms with Crippen molar-refractivity contribution in [3.05, 3.63) is 64.1 Å². The number of hydrogen-bond acceptors (Lipinski definition) is 6. The van der Waals surface area contributed by atoms with E-state index in [2.05, 4.69) is 39.7 Å². The molecule has 42 heavy (non-hydrogen) atoms. The van der Waals surface area contributed by atoms with Gasteiger partial charge < -0.3 is 30.2 Å². The molecule has 0 aliphatic carbocycles. The van der Waals surface area contributed by atoms with E-state index in [1.165, 1.54) is 0 Å². The lowest BCUT2D eigenvalue weighted by atomic mass is 9.79. The minimum absolute atomic E-state index is 0.129. The number of urea groups is 2. The summed E-state index contributed by atoms with van der Waals surface area (Å²) in [6.07, 6.45) is 1.38. The maximum atomic E-state index is 13.8. The lowest BCUT2D eigenvalue weighted by molar-refractivity contribution is -0.135. The normalized spacial score (nSPS) is 19.4. The fourth-order valence-corrected chi connectivity index (χ4v) is 6.41. The highest BCUT2D eigenvalue weighted by Gasteiger charge is 2.43. The second kappa shape index (κ2) is 11.2. The second-order valence-electron chi connectivity index (χ2n) is 11.7. The van der Waals surface area contributed by atoms with Gasteiger partial charge in [-0.1, -0.05) is 24.3 Å². The van der Waals surface area contributed by atoms with Gasteiger partial charge >= 0.3 is 17.8 Å². The molecular weight excluding hydrogens is 538 g/mol. The van der Waals surface area contributed by atoms with Crippen LogP contribution in [0.4, 0.5) is 15.3 Å². The van der Waals surface area contributed by atoms with Gasteiger partial charge in [0.25, 0.3) is 0 Å². The standard InChI is InChI=1S/C30H37N7O5/c1-19(2)35-13-15-36(16-14-35)26(38)24(17-20-7-8-23-25(18-20)42-29(41)33-23)32-28(40)37-11-9-30(10-12-37)21-5-3-4-6-22(21)31-27(39)34-30/h3-8,18-19,24H,9-17H2,1-2H3,(H,32,40)(H,33,41)(H2,31,34,39). The number of carbonyl (C=O) groups excluding carboxylic acids is 3. The van der Waals surface area contributed by atoms with Crippen molar-refractivity contribution >= 4 is 34.8 Å². The first-order valence-corrected chi connectivity index (χ1v) is 14.6. The van der Waals surface area contributed by atoms with Gasteiger partial charge in [-0.3, -0.25) is 14.7 Å². The maximum Gasteiger partial charge on any atom is 0.417 e. The van der Waals surface area contributed by atoms with E-state index in [4.69, 9.17) is 4.42 Å². The number of oxazole rings is 1. The first-order chi connectivity index (χ1) is 20.2. The van der Waals surface area contributed by atoms with E-state index in [1.54, 1.807) is 17.0 Å². The van der Waals surface area contributed by atoms with Gasteiger partial charge in [-0.25, -0.2) is 14.4 Å². The molecule has 5 amide bonds. The zero-order valence-corrected chi connectivity index (χ0v) is 23.9. The minimum atomic E-state index is -0.790. The molecule has 3 aliphatic heterocycles. The molecule has 6 rings (SSSR count). The van der Waals surface area contributed by atoms with Crippen LogP contribution in [-0.4, -0.2) is 89.0 Å². The van der Waals surface area contributed by atoms with Crippen LogP contribution >= 0.6 is 0 Å². The summed E-state index contributed by atoms with van der Waals surface area (Å²) < 4.78 is 5.22. The number of anilines is 1. The van der Waals surface area contributed by atoms with Crippen molar-refractivity contribution in [1.82, 2.24) is 30.3 Å².